The summed E-state index contributed by atoms with van der Waals surface area (Å²) in [6.45, 7) is 3.30. The van der Waals surface area contributed by atoms with Gasteiger partial charge in [0, 0.05) is 18.4 Å². The van der Waals surface area contributed by atoms with E-state index in [1.807, 2.05) is 12.1 Å². The Morgan fingerprint density at radius 2 is 2.40 bits per heavy atom. The molecule has 2 rings (SSSR count). The second-order valence-electron chi connectivity index (χ2n) is 4.46. The van der Waals surface area contributed by atoms with Crippen molar-refractivity contribution in [2.24, 2.45) is 11.1 Å². The van der Waals surface area contributed by atoms with Gasteiger partial charge in [-0.15, -0.1) is 0 Å². The maximum Gasteiger partial charge on any atom is 0.122 e. The van der Waals surface area contributed by atoms with Crippen molar-refractivity contribution < 1.29 is 0 Å². The third-order valence-electron chi connectivity index (χ3n) is 2.84. The van der Waals surface area contributed by atoms with Gasteiger partial charge in [0.05, 0.1) is 5.69 Å². The fourth-order valence-electron chi connectivity index (χ4n) is 1.38. The van der Waals surface area contributed by atoms with Crippen molar-refractivity contribution in [1.29, 1.82) is 0 Å². The van der Waals surface area contributed by atoms with Crippen LogP contribution in [0.15, 0.2) is 18.3 Å². The van der Waals surface area contributed by atoms with Gasteiger partial charge in [0.1, 0.15) is 4.99 Å². The van der Waals surface area contributed by atoms with Gasteiger partial charge in [0.25, 0.3) is 0 Å². The summed E-state index contributed by atoms with van der Waals surface area (Å²) in [6.07, 6.45) is 4.35. The summed E-state index contributed by atoms with van der Waals surface area (Å²) in [4.78, 5) is 4.44. The SMILES string of the molecule is CC1(CNc2ccnc(C(N)=S)c2)CC1. The van der Waals surface area contributed by atoms with Gasteiger partial charge < -0.3 is 11.1 Å². The van der Waals surface area contributed by atoms with E-state index in [1.54, 1.807) is 6.20 Å². The Balaban J connectivity index is 2.01. The van der Waals surface area contributed by atoms with E-state index in [4.69, 9.17) is 18.0 Å². The number of rotatable bonds is 4. The maximum atomic E-state index is 5.52. The van der Waals surface area contributed by atoms with E-state index in [2.05, 4.69) is 17.2 Å². The molecule has 1 aliphatic rings. The molecule has 1 saturated carbocycles. The summed E-state index contributed by atoms with van der Waals surface area (Å²) in [5.74, 6) is 0. The molecule has 1 aliphatic carbocycles. The first-order valence-electron chi connectivity index (χ1n) is 5.09. The largest absolute Gasteiger partial charge is 0.388 e. The molecule has 1 fully saturated rings. The Hall–Kier alpha value is -1.16. The number of thiocarbonyl (C=S) groups is 1. The highest BCUT2D eigenvalue weighted by atomic mass is 32.1. The topological polar surface area (TPSA) is 50.9 Å². The number of nitrogens with one attached hydrogen (secondary N) is 1. The highest BCUT2D eigenvalue weighted by Gasteiger charge is 2.36. The number of anilines is 1. The van der Waals surface area contributed by atoms with Crippen LogP contribution in [-0.4, -0.2) is 16.5 Å². The van der Waals surface area contributed by atoms with Gasteiger partial charge in [-0.3, -0.25) is 4.98 Å². The molecule has 0 aromatic carbocycles. The molecule has 0 atom stereocenters. The minimum atomic E-state index is 0.344. The zero-order chi connectivity index (χ0) is 10.9. The quantitative estimate of drug-likeness (QED) is 0.763. The summed E-state index contributed by atoms with van der Waals surface area (Å²) < 4.78 is 0. The van der Waals surface area contributed by atoms with E-state index in [-0.39, 0.29) is 0 Å². The van der Waals surface area contributed by atoms with E-state index in [1.165, 1.54) is 12.8 Å². The molecule has 80 valence electrons. The van der Waals surface area contributed by atoms with Crippen LogP contribution in [0.4, 0.5) is 5.69 Å². The molecule has 3 nitrogen and oxygen atoms in total. The van der Waals surface area contributed by atoms with Crippen LogP contribution in [0.25, 0.3) is 0 Å². The van der Waals surface area contributed by atoms with Gasteiger partial charge in [-0.25, -0.2) is 0 Å². The van der Waals surface area contributed by atoms with E-state index in [9.17, 15) is 0 Å². The number of nitrogens with two attached hydrogens (primary N) is 1. The van der Waals surface area contributed by atoms with Crippen LogP contribution in [-0.2, 0) is 0 Å². The van der Waals surface area contributed by atoms with Crippen molar-refractivity contribution in [2.75, 3.05) is 11.9 Å². The van der Waals surface area contributed by atoms with Crippen molar-refractivity contribution in [2.45, 2.75) is 19.8 Å². The summed E-state index contributed by atoms with van der Waals surface area (Å²) in [6, 6.07) is 3.83. The standard InChI is InChI=1S/C11H15N3S/c1-11(3-4-11)7-14-8-2-5-13-9(6-8)10(12)15/h2,5-6H,3-4,7H2,1H3,(H2,12,15)(H,13,14). The first kappa shape index (κ1) is 10.4. The molecule has 15 heavy (non-hydrogen) atoms. The van der Waals surface area contributed by atoms with E-state index in [0.717, 1.165) is 12.2 Å². The van der Waals surface area contributed by atoms with Gasteiger partial charge in [-0.2, -0.15) is 0 Å². The summed E-state index contributed by atoms with van der Waals surface area (Å²) >= 11 is 4.88. The zero-order valence-electron chi connectivity index (χ0n) is 8.79. The van der Waals surface area contributed by atoms with Gasteiger partial charge >= 0.3 is 0 Å². The molecule has 1 aromatic rings. The van der Waals surface area contributed by atoms with E-state index < -0.39 is 0 Å². The Morgan fingerprint density at radius 3 is 3.00 bits per heavy atom. The van der Waals surface area contributed by atoms with Crippen LogP contribution in [0.2, 0.25) is 0 Å². The van der Waals surface area contributed by atoms with Crippen LogP contribution < -0.4 is 11.1 Å². The Bertz CT molecular complexity index is 385. The third-order valence-corrected chi connectivity index (χ3v) is 3.04. The molecule has 0 unspecified atom stereocenters. The normalized spacial score (nSPS) is 17.1. The minimum absolute atomic E-state index is 0.344. The highest BCUT2D eigenvalue weighted by molar-refractivity contribution is 7.80. The molecule has 0 bridgehead atoms. The average Bonchev–Trinajstić information content (AvgIpc) is 2.95. The van der Waals surface area contributed by atoms with Crippen molar-refractivity contribution in [1.82, 2.24) is 4.98 Å². The smallest absolute Gasteiger partial charge is 0.122 e. The van der Waals surface area contributed by atoms with Gasteiger partial charge in [-0.05, 0) is 30.4 Å². The molecular formula is C11H15N3S. The predicted octanol–water partition coefficient (Wildman–Crippen LogP) is 1.93. The Labute approximate surface area is 95.1 Å². The highest BCUT2D eigenvalue weighted by Crippen LogP contribution is 2.44. The lowest BCUT2D eigenvalue weighted by Gasteiger charge is -2.11. The molecule has 1 aromatic heterocycles. The molecule has 0 amide bonds. The Morgan fingerprint density at radius 1 is 1.67 bits per heavy atom. The lowest BCUT2D eigenvalue weighted by Crippen LogP contribution is -2.14. The average molecular weight is 221 g/mol. The minimum Gasteiger partial charge on any atom is -0.388 e. The zero-order valence-corrected chi connectivity index (χ0v) is 9.60. The second-order valence-corrected chi connectivity index (χ2v) is 4.90. The first-order valence-corrected chi connectivity index (χ1v) is 5.50. The van der Waals surface area contributed by atoms with Gasteiger partial charge in [0.2, 0.25) is 0 Å². The molecule has 0 aliphatic heterocycles. The molecule has 0 saturated heterocycles. The molecule has 0 spiro atoms. The second kappa shape index (κ2) is 3.77. The summed E-state index contributed by atoms with van der Waals surface area (Å²) in [5, 5.41) is 3.39. The molecule has 3 N–H and O–H groups in total. The van der Waals surface area contributed by atoms with Crippen LogP contribution >= 0.6 is 12.2 Å². The lowest BCUT2D eigenvalue weighted by molar-refractivity contribution is 0.610. The van der Waals surface area contributed by atoms with E-state index >= 15 is 0 Å². The lowest BCUT2D eigenvalue weighted by atomic mass is 10.1. The fourth-order valence-corrected chi connectivity index (χ4v) is 1.49. The molecule has 4 heteroatoms. The van der Waals surface area contributed by atoms with Gasteiger partial charge in [-0.1, -0.05) is 19.1 Å². The summed E-state index contributed by atoms with van der Waals surface area (Å²) in [7, 11) is 0. The van der Waals surface area contributed by atoms with Crippen molar-refractivity contribution in [3.8, 4) is 0 Å². The van der Waals surface area contributed by atoms with E-state index in [0.29, 0.717) is 16.1 Å². The van der Waals surface area contributed by atoms with Crippen molar-refractivity contribution in [3.63, 3.8) is 0 Å². The van der Waals surface area contributed by atoms with Gasteiger partial charge in [0.15, 0.2) is 0 Å². The van der Waals surface area contributed by atoms with Crippen molar-refractivity contribution >= 4 is 22.9 Å². The van der Waals surface area contributed by atoms with Crippen LogP contribution in [0.1, 0.15) is 25.5 Å². The first-order chi connectivity index (χ1) is 7.09. The number of hydrogen-bond donors (Lipinski definition) is 2. The molecular weight excluding hydrogens is 206 g/mol. The fraction of sp³-hybridized carbons (Fsp3) is 0.455. The number of nitrogens with zero attached hydrogens (tertiary/aromatic N) is 1. The van der Waals surface area contributed by atoms with Crippen LogP contribution in [0.5, 0.6) is 0 Å². The predicted molar refractivity (Wildman–Crippen MR) is 66.0 cm³/mol. The monoisotopic (exact) mass is 221 g/mol. The number of aromatic nitrogens is 1. The summed E-state index contributed by atoms with van der Waals surface area (Å²) in [5.41, 5.74) is 7.73. The molecule has 1 heterocycles. The molecule has 0 radical (unpaired) electrons. The van der Waals surface area contributed by atoms with Crippen LogP contribution in [0, 0.1) is 5.41 Å². The third kappa shape index (κ3) is 2.65. The van der Waals surface area contributed by atoms with Crippen molar-refractivity contribution in [3.05, 3.63) is 24.0 Å². The maximum absolute atomic E-state index is 5.52. The number of pyridine rings is 1. The van der Waals surface area contributed by atoms with Crippen LogP contribution in [0.3, 0.4) is 0 Å². The number of hydrogen-bond acceptors (Lipinski definition) is 3. The Kier molecular flexibility index (Phi) is 2.61.